The van der Waals surface area contributed by atoms with Gasteiger partial charge in [0.2, 0.25) is 0 Å². The van der Waals surface area contributed by atoms with Gasteiger partial charge < -0.3 is 19.5 Å². The van der Waals surface area contributed by atoms with Gasteiger partial charge in [-0.3, -0.25) is 4.79 Å². The Bertz CT molecular complexity index is 870. The van der Waals surface area contributed by atoms with Crippen LogP contribution < -0.4 is 14.8 Å². The van der Waals surface area contributed by atoms with E-state index in [4.69, 9.17) is 9.47 Å². The number of hydrogen-bond acceptors (Lipinski definition) is 5. The highest BCUT2D eigenvalue weighted by molar-refractivity contribution is 6.05. The number of carbonyl (C=O) groups excluding carboxylic acids is 2. The second-order valence-corrected chi connectivity index (χ2v) is 5.70. The van der Waals surface area contributed by atoms with Crippen LogP contribution in [0.2, 0.25) is 0 Å². The van der Waals surface area contributed by atoms with Crippen LogP contribution in [0.5, 0.6) is 11.5 Å². The fraction of sp³-hybridized carbons (Fsp3) is 0.300. The van der Waals surface area contributed by atoms with Crippen molar-refractivity contribution in [2.45, 2.75) is 20.3 Å². The van der Waals surface area contributed by atoms with E-state index in [1.807, 2.05) is 6.92 Å². The molecule has 2 aromatic carbocycles. The maximum Gasteiger partial charge on any atom is 0.340 e. The Morgan fingerprint density at radius 3 is 2.39 bits per heavy atom. The Kier molecular flexibility index (Phi) is 7.31. The predicted octanol–water partition coefficient (Wildman–Crippen LogP) is 4.19. The Balaban J connectivity index is 2.29. The van der Waals surface area contributed by atoms with E-state index in [9.17, 15) is 18.4 Å². The van der Waals surface area contributed by atoms with E-state index < -0.39 is 29.1 Å². The van der Waals surface area contributed by atoms with Gasteiger partial charge in [0.05, 0.1) is 31.6 Å². The minimum Gasteiger partial charge on any atom is -0.490 e. The van der Waals surface area contributed by atoms with Crippen LogP contribution in [-0.2, 0) is 4.74 Å². The summed E-state index contributed by atoms with van der Waals surface area (Å²) in [5.41, 5.74) is -0.663. The van der Waals surface area contributed by atoms with Gasteiger partial charge in [0.15, 0.2) is 11.5 Å². The molecule has 0 unspecified atom stereocenters. The average molecular weight is 393 g/mol. The van der Waals surface area contributed by atoms with Crippen molar-refractivity contribution in [3.05, 3.63) is 53.1 Å². The molecule has 1 N–H and O–H groups in total. The molecule has 2 rings (SSSR count). The molecule has 6 nitrogen and oxygen atoms in total. The molecule has 1 amide bonds. The van der Waals surface area contributed by atoms with E-state index in [0.29, 0.717) is 30.8 Å². The molecule has 0 bridgehead atoms. The SMILES string of the molecule is CCCOc1ccc(C(=O)Nc2cc(C(=O)OC)c(F)cc2F)cc1OCC. The second kappa shape index (κ2) is 9.68. The fourth-order valence-corrected chi connectivity index (χ4v) is 2.35. The lowest BCUT2D eigenvalue weighted by molar-refractivity contribution is 0.0595. The molecule has 0 aliphatic carbocycles. The Morgan fingerprint density at radius 2 is 1.75 bits per heavy atom. The van der Waals surface area contributed by atoms with Gasteiger partial charge >= 0.3 is 5.97 Å². The standard InChI is InChI=1S/C20H21F2NO5/c1-4-8-28-17-7-6-12(9-18(17)27-5-2)19(24)23-16-10-13(20(25)26-3)14(21)11-15(16)22/h6-7,9-11H,4-5,8H2,1-3H3,(H,23,24). The van der Waals surface area contributed by atoms with Crippen molar-refractivity contribution in [1.82, 2.24) is 0 Å². The molecule has 0 aliphatic rings. The molecule has 0 aromatic heterocycles. The van der Waals surface area contributed by atoms with E-state index in [-0.39, 0.29) is 11.3 Å². The summed E-state index contributed by atoms with van der Waals surface area (Å²) in [6, 6.07) is 5.93. The van der Waals surface area contributed by atoms with Crippen molar-refractivity contribution in [3.63, 3.8) is 0 Å². The topological polar surface area (TPSA) is 73.9 Å². The summed E-state index contributed by atoms with van der Waals surface area (Å²) < 4.78 is 43.3. The largest absolute Gasteiger partial charge is 0.490 e. The summed E-state index contributed by atoms with van der Waals surface area (Å²) in [6.07, 6.45) is 0.806. The molecule has 2 aromatic rings. The molecule has 0 saturated carbocycles. The van der Waals surface area contributed by atoms with Gasteiger partial charge in [0, 0.05) is 11.6 Å². The zero-order valence-electron chi connectivity index (χ0n) is 15.8. The maximum absolute atomic E-state index is 14.0. The third kappa shape index (κ3) is 4.97. The summed E-state index contributed by atoms with van der Waals surface area (Å²) in [5.74, 6) is -2.89. The molecule has 8 heteroatoms. The Labute approximate surface area is 161 Å². The molecule has 0 radical (unpaired) electrons. The summed E-state index contributed by atoms with van der Waals surface area (Å²) in [4.78, 5) is 24.1. The Hall–Kier alpha value is -3.16. The van der Waals surface area contributed by atoms with E-state index >= 15 is 0 Å². The zero-order valence-corrected chi connectivity index (χ0v) is 15.8. The van der Waals surface area contributed by atoms with Crippen molar-refractivity contribution in [1.29, 1.82) is 0 Å². The number of amides is 1. The monoisotopic (exact) mass is 393 g/mol. The number of rotatable bonds is 8. The van der Waals surface area contributed by atoms with Crippen molar-refractivity contribution in [3.8, 4) is 11.5 Å². The van der Waals surface area contributed by atoms with Gasteiger partial charge in [-0.15, -0.1) is 0 Å². The third-order valence-electron chi connectivity index (χ3n) is 3.68. The minimum absolute atomic E-state index is 0.177. The molecular formula is C20H21F2NO5. The van der Waals surface area contributed by atoms with E-state index in [0.717, 1.165) is 19.6 Å². The number of nitrogens with one attached hydrogen (secondary N) is 1. The predicted molar refractivity (Wildman–Crippen MR) is 99.0 cm³/mol. The first kappa shape index (κ1) is 21.1. The third-order valence-corrected chi connectivity index (χ3v) is 3.68. The highest BCUT2D eigenvalue weighted by atomic mass is 19.1. The smallest absolute Gasteiger partial charge is 0.340 e. The van der Waals surface area contributed by atoms with Gasteiger partial charge in [-0.05, 0) is 37.6 Å². The summed E-state index contributed by atoms with van der Waals surface area (Å²) in [6.45, 7) is 4.60. The summed E-state index contributed by atoms with van der Waals surface area (Å²) in [5, 5.41) is 2.32. The average Bonchev–Trinajstić information content (AvgIpc) is 2.68. The lowest BCUT2D eigenvalue weighted by Gasteiger charge is -2.13. The van der Waals surface area contributed by atoms with Gasteiger partial charge in [0.25, 0.3) is 5.91 Å². The van der Waals surface area contributed by atoms with E-state index in [1.54, 1.807) is 13.0 Å². The molecule has 0 spiro atoms. The normalized spacial score (nSPS) is 10.3. The van der Waals surface area contributed by atoms with Crippen LogP contribution in [0.1, 0.15) is 41.0 Å². The quantitative estimate of drug-likeness (QED) is 0.681. The fourth-order valence-electron chi connectivity index (χ4n) is 2.35. The first-order chi connectivity index (χ1) is 13.4. The minimum atomic E-state index is -1.08. The molecule has 150 valence electrons. The number of ether oxygens (including phenoxy) is 3. The maximum atomic E-state index is 14.0. The Morgan fingerprint density at radius 1 is 1.00 bits per heavy atom. The van der Waals surface area contributed by atoms with Crippen LogP contribution in [0, 0.1) is 11.6 Å². The number of hydrogen-bond donors (Lipinski definition) is 1. The van der Waals surface area contributed by atoms with Gasteiger partial charge in [0.1, 0.15) is 11.6 Å². The van der Waals surface area contributed by atoms with Gasteiger partial charge in [-0.25, -0.2) is 13.6 Å². The van der Waals surface area contributed by atoms with Crippen molar-refractivity contribution in [2.75, 3.05) is 25.6 Å². The van der Waals surface area contributed by atoms with Crippen LogP contribution in [0.25, 0.3) is 0 Å². The first-order valence-electron chi connectivity index (χ1n) is 8.69. The van der Waals surface area contributed by atoms with Crippen molar-refractivity contribution < 1.29 is 32.6 Å². The van der Waals surface area contributed by atoms with Crippen molar-refractivity contribution >= 4 is 17.6 Å². The second-order valence-electron chi connectivity index (χ2n) is 5.70. The molecule has 0 saturated heterocycles. The van der Waals surface area contributed by atoms with Crippen LogP contribution in [0.3, 0.4) is 0 Å². The molecule has 0 fully saturated rings. The van der Waals surface area contributed by atoms with E-state index in [2.05, 4.69) is 10.1 Å². The van der Waals surface area contributed by atoms with Gasteiger partial charge in [-0.1, -0.05) is 6.92 Å². The lowest BCUT2D eigenvalue weighted by atomic mass is 10.1. The number of halogens is 2. The number of methoxy groups -OCH3 is 1. The molecule has 28 heavy (non-hydrogen) atoms. The lowest BCUT2D eigenvalue weighted by Crippen LogP contribution is -2.15. The number of benzene rings is 2. The van der Waals surface area contributed by atoms with E-state index in [1.165, 1.54) is 12.1 Å². The zero-order chi connectivity index (χ0) is 20.7. The molecular weight excluding hydrogens is 372 g/mol. The van der Waals surface area contributed by atoms with Crippen LogP contribution in [0.15, 0.2) is 30.3 Å². The van der Waals surface area contributed by atoms with Crippen LogP contribution >= 0.6 is 0 Å². The summed E-state index contributed by atoms with van der Waals surface area (Å²) >= 11 is 0. The van der Waals surface area contributed by atoms with Crippen LogP contribution in [0.4, 0.5) is 14.5 Å². The molecule has 0 atom stereocenters. The number of carbonyl (C=O) groups is 2. The number of esters is 1. The number of anilines is 1. The summed E-state index contributed by atoms with van der Waals surface area (Å²) in [7, 11) is 1.07. The molecule has 0 aliphatic heterocycles. The highest BCUT2D eigenvalue weighted by Crippen LogP contribution is 2.29. The first-order valence-corrected chi connectivity index (χ1v) is 8.69. The molecule has 0 heterocycles. The highest BCUT2D eigenvalue weighted by Gasteiger charge is 2.19. The van der Waals surface area contributed by atoms with Crippen LogP contribution in [-0.4, -0.2) is 32.2 Å². The van der Waals surface area contributed by atoms with Crippen molar-refractivity contribution in [2.24, 2.45) is 0 Å². The van der Waals surface area contributed by atoms with Gasteiger partial charge in [-0.2, -0.15) is 0 Å².